The van der Waals surface area contributed by atoms with E-state index in [1.165, 1.54) is 6.42 Å². The number of rotatable bonds is 5. The molecule has 5 heteroatoms. The number of ether oxygens (including phenoxy) is 1. The fraction of sp³-hybridized carbons (Fsp3) is 0.600. The highest BCUT2D eigenvalue weighted by Crippen LogP contribution is 2.33. The van der Waals surface area contributed by atoms with Crippen LogP contribution in [-0.2, 0) is 6.54 Å². The molecule has 0 heterocycles. The molecule has 0 radical (unpaired) electrons. The largest absolute Gasteiger partial charge is 0.492 e. The Kier molecular flexibility index (Phi) is 6.33. The van der Waals surface area contributed by atoms with Crippen molar-refractivity contribution in [1.29, 1.82) is 0 Å². The summed E-state index contributed by atoms with van der Waals surface area (Å²) in [7, 11) is 0. The zero-order valence-electron chi connectivity index (χ0n) is 11.7. The Morgan fingerprint density at radius 3 is 2.75 bits per heavy atom. The monoisotopic (exact) mass is 405 g/mol. The van der Waals surface area contributed by atoms with Crippen LogP contribution in [0.15, 0.2) is 21.1 Å². The number of nitrogens with one attached hydrogen (secondary N) is 1. The predicted molar refractivity (Wildman–Crippen MR) is 88.1 cm³/mol. The molecule has 1 saturated carbocycles. The Hall–Kier alpha value is -0.100. The molecule has 1 aromatic carbocycles. The van der Waals surface area contributed by atoms with Gasteiger partial charge in [0.05, 0.1) is 17.2 Å². The average Bonchev–Trinajstić information content (AvgIpc) is 2.41. The molecule has 1 aliphatic rings. The van der Waals surface area contributed by atoms with Crippen molar-refractivity contribution in [1.82, 2.24) is 5.32 Å². The molecule has 0 bridgehead atoms. The third-order valence-corrected chi connectivity index (χ3v) is 4.71. The van der Waals surface area contributed by atoms with Gasteiger partial charge < -0.3 is 15.2 Å². The second kappa shape index (κ2) is 7.78. The molecule has 0 amide bonds. The van der Waals surface area contributed by atoms with E-state index in [1.54, 1.807) is 0 Å². The molecule has 0 aliphatic heterocycles. The van der Waals surface area contributed by atoms with Crippen LogP contribution < -0.4 is 10.1 Å². The lowest BCUT2D eigenvalue weighted by Gasteiger charge is -2.28. The summed E-state index contributed by atoms with van der Waals surface area (Å²) in [5.74, 6) is 0.883. The van der Waals surface area contributed by atoms with E-state index in [0.29, 0.717) is 13.2 Å². The predicted octanol–water partition coefficient (Wildman–Crippen LogP) is 4.00. The van der Waals surface area contributed by atoms with Gasteiger partial charge in [0.2, 0.25) is 0 Å². The Morgan fingerprint density at radius 2 is 2.05 bits per heavy atom. The highest BCUT2D eigenvalue weighted by molar-refractivity contribution is 9.11. The summed E-state index contributed by atoms with van der Waals surface area (Å²) in [4.78, 5) is 0. The zero-order chi connectivity index (χ0) is 14.5. The maximum absolute atomic E-state index is 10.0. The number of aliphatic hydroxyl groups is 1. The van der Waals surface area contributed by atoms with Crippen molar-refractivity contribution in [3.05, 3.63) is 26.6 Å². The Labute approximate surface area is 137 Å². The maximum atomic E-state index is 10.0. The standard InChI is InChI=1S/C15H21Br2NO2/c1-2-20-15-10(7-11(16)8-12(15)17)9-18-13-5-3-4-6-14(13)19/h7-8,13-14,18-19H,2-6,9H2,1H3. The molecular formula is C15H21Br2NO2. The molecule has 0 spiro atoms. The summed E-state index contributed by atoms with van der Waals surface area (Å²) in [6.45, 7) is 3.32. The fourth-order valence-electron chi connectivity index (χ4n) is 2.64. The molecule has 3 nitrogen and oxygen atoms in total. The molecule has 2 unspecified atom stereocenters. The van der Waals surface area contributed by atoms with Crippen LogP contribution in [-0.4, -0.2) is 23.9 Å². The van der Waals surface area contributed by atoms with E-state index in [4.69, 9.17) is 4.74 Å². The number of aliphatic hydroxyl groups excluding tert-OH is 1. The molecule has 2 N–H and O–H groups in total. The van der Waals surface area contributed by atoms with Gasteiger partial charge in [0.1, 0.15) is 5.75 Å². The second-order valence-corrected chi connectivity index (χ2v) is 6.92. The van der Waals surface area contributed by atoms with Crippen LogP contribution in [0.1, 0.15) is 38.2 Å². The van der Waals surface area contributed by atoms with Gasteiger partial charge in [-0.3, -0.25) is 0 Å². The van der Waals surface area contributed by atoms with Crippen LogP contribution in [0.2, 0.25) is 0 Å². The van der Waals surface area contributed by atoms with Gasteiger partial charge in [-0.05, 0) is 47.8 Å². The number of benzene rings is 1. The molecule has 112 valence electrons. The minimum Gasteiger partial charge on any atom is -0.492 e. The van der Waals surface area contributed by atoms with Crippen molar-refractivity contribution in [2.75, 3.05) is 6.61 Å². The van der Waals surface area contributed by atoms with Crippen LogP contribution in [0.3, 0.4) is 0 Å². The summed E-state index contributed by atoms with van der Waals surface area (Å²) in [6, 6.07) is 4.25. The van der Waals surface area contributed by atoms with Gasteiger partial charge in [0, 0.05) is 22.6 Å². The van der Waals surface area contributed by atoms with E-state index in [1.807, 2.05) is 13.0 Å². The van der Waals surface area contributed by atoms with Crippen LogP contribution in [0.5, 0.6) is 5.75 Å². The van der Waals surface area contributed by atoms with Crippen LogP contribution in [0, 0.1) is 0 Å². The summed E-state index contributed by atoms with van der Waals surface area (Å²) in [5, 5.41) is 13.5. The van der Waals surface area contributed by atoms with E-state index < -0.39 is 0 Å². The topological polar surface area (TPSA) is 41.5 Å². The summed E-state index contributed by atoms with van der Waals surface area (Å²) < 4.78 is 7.69. The Balaban J connectivity index is 2.07. The smallest absolute Gasteiger partial charge is 0.138 e. The summed E-state index contributed by atoms with van der Waals surface area (Å²) in [6.07, 6.45) is 4.04. The first-order valence-electron chi connectivity index (χ1n) is 7.14. The van der Waals surface area contributed by atoms with Crippen LogP contribution in [0.4, 0.5) is 0 Å². The van der Waals surface area contributed by atoms with Crippen molar-refractivity contribution in [3.8, 4) is 5.75 Å². The van der Waals surface area contributed by atoms with Crippen molar-refractivity contribution in [2.45, 2.75) is 51.3 Å². The quantitative estimate of drug-likeness (QED) is 0.776. The van der Waals surface area contributed by atoms with E-state index in [-0.39, 0.29) is 12.1 Å². The van der Waals surface area contributed by atoms with Crippen molar-refractivity contribution in [2.24, 2.45) is 0 Å². The average molecular weight is 407 g/mol. The molecule has 2 atom stereocenters. The molecule has 0 saturated heterocycles. The first-order chi connectivity index (χ1) is 9.61. The molecule has 2 rings (SSSR count). The SMILES string of the molecule is CCOc1c(Br)cc(Br)cc1CNC1CCCCC1O. The normalized spacial score (nSPS) is 22.8. The molecule has 1 fully saturated rings. The Morgan fingerprint density at radius 1 is 1.30 bits per heavy atom. The van der Waals surface area contributed by atoms with E-state index in [2.05, 4.69) is 43.2 Å². The zero-order valence-corrected chi connectivity index (χ0v) is 14.8. The van der Waals surface area contributed by atoms with E-state index in [0.717, 1.165) is 39.5 Å². The van der Waals surface area contributed by atoms with E-state index in [9.17, 15) is 5.11 Å². The molecule has 1 aliphatic carbocycles. The second-order valence-electron chi connectivity index (χ2n) is 5.15. The van der Waals surface area contributed by atoms with Crippen molar-refractivity contribution >= 4 is 31.9 Å². The molecule has 1 aromatic rings. The molecular weight excluding hydrogens is 386 g/mol. The Bertz CT molecular complexity index is 454. The van der Waals surface area contributed by atoms with Gasteiger partial charge >= 0.3 is 0 Å². The van der Waals surface area contributed by atoms with Gasteiger partial charge in [0.25, 0.3) is 0 Å². The lowest BCUT2D eigenvalue weighted by molar-refractivity contribution is 0.0901. The first kappa shape index (κ1) is 16.3. The highest BCUT2D eigenvalue weighted by atomic mass is 79.9. The summed E-state index contributed by atoms with van der Waals surface area (Å²) in [5.41, 5.74) is 1.10. The fourth-order valence-corrected chi connectivity index (χ4v) is 4.07. The third kappa shape index (κ3) is 4.20. The van der Waals surface area contributed by atoms with Crippen molar-refractivity contribution < 1.29 is 9.84 Å². The molecule has 20 heavy (non-hydrogen) atoms. The minimum atomic E-state index is -0.227. The lowest BCUT2D eigenvalue weighted by atomic mass is 9.92. The van der Waals surface area contributed by atoms with Gasteiger partial charge in [-0.1, -0.05) is 28.8 Å². The number of hydrogen-bond acceptors (Lipinski definition) is 3. The van der Waals surface area contributed by atoms with Gasteiger partial charge in [0.15, 0.2) is 0 Å². The maximum Gasteiger partial charge on any atom is 0.138 e. The number of hydrogen-bond donors (Lipinski definition) is 2. The summed E-state index contributed by atoms with van der Waals surface area (Å²) >= 11 is 7.06. The van der Waals surface area contributed by atoms with Crippen LogP contribution >= 0.6 is 31.9 Å². The van der Waals surface area contributed by atoms with E-state index >= 15 is 0 Å². The third-order valence-electron chi connectivity index (χ3n) is 3.66. The minimum absolute atomic E-state index is 0.191. The van der Waals surface area contributed by atoms with Gasteiger partial charge in [-0.25, -0.2) is 0 Å². The lowest BCUT2D eigenvalue weighted by Crippen LogP contribution is -2.41. The van der Waals surface area contributed by atoms with Crippen LogP contribution in [0.25, 0.3) is 0 Å². The number of halogens is 2. The van der Waals surface area contributed by atoms with Gasteiger partial charge in [-0.2, -0.15) is 0 Å². The first-order valence-corrected chi connectivity index (χ1v) is 8.72. The van der Waals surface area contributed by atoms with Gasteiger partial charge in [-0.15, -0.1) is 0 Å². The highest BCUT2D eigenvalue weighted by Gasteiger charge is 2.22. The molecule has 0 aromatic heterocycles. The van der Waals surface area contributed by atoms with Crippen molar-refractivity contribution in [3.63, 3.8) is 0 Å².